The van der Waals surface area contributed by atoms with Crippen LogP contribution in [0, 0.1) is 6.92 Å². The maximum absolute atomic E-state index is 12.4. The van der Waals surface area contributed by atoms with E-state index in [-0.39, 0.29) is 34.6 Å². The van der Waals surface area contributed by atoms with Crippen LogP contribution < -0.4 is 20.1 Å². The molecule has 1 aliphatic rings. The number of fused-ring (bicyclic) bond motifs is 1. The molecular weight excluding hydrogens is 416 g/mol. The molecule has 0 unspecified atom stereocenters. The first-order chi connectivity index (χ1) is 14.3. The fraction of sp³-hybridized carbons (Fsp3) is 0.263. The Bertz CT molecular complexity index is 1030. The van der Waals surface area contributed by atoms with E-state index in [9.17, 15) is 19.2 Å². The lowest BCUT2D eigenvalue weighted by Gasteiger charge is -2.18. The van der Waals surface area contributed by atoms with Crippen molar-refractivity contribution in [2.45, 2.75) is 6.92 Å². The molecule has 158 valence electrons. The minimum absolute atomic E-state index is 0.0636. The summed E-state index contributed by atoms with van der Waals surface area (Å²) in [4.78, 5) is 48.0. The molecule has 0 atom stereocenters. The van der Waals surface area contributed by atoms with E-state index in [0.717, 1.165) is 11.3 Å². The second kappa shape index (κ2) is 8.82. The first kappa shape index (κ1) is 21.1. The highest BCUT2D eigenvalue weighted by molar-refractivity contribution is 7.18. The molecule has 3 rings (SSSR count). The number of hydrogen-bond acceptors (Lipinski definition) is 9. The van der Waals surface area contributed by atoms with Crippen LogP contribution in [0.4, 0.5) is 10.7 Å². The highest BCUT2D eigenvalue weighted by atomic mass is 32.1. The Kier molecular flexibility index (Phi) is 6.21. The highest BCUT2D eigenvalue weighted by Gasteiger charge is 2.27. The van der Waals surface area contributed by atoms with Gasteiger partial charge in [-0.2, -0.15) is 0 Å². The molecule has 0 saturated heterocycles. The predicted octanol–water partition coefficient (Wildman–Crippen LogP) is 1.98. The van der Waals surface area contributed by atoms with Crippen LogP contribution in [0.1, 0.15) is 25.6 Å². The van der Waals surface area contributed by atoms with Crippen LogP contribution in [0.5, 0.6) is 11.5 Å². The summed E-state index contributed by atoms with van der Waals surface area (Å²) in [6, 6.07) is 4.74. The van der Waals surface area contributed by atoms with Gasteiger partial charge in [-0.1, -0.05) is 0 Å². The van der Waals surface area contributed by atoms with Gasteiger partial charge < -0.3 is 29.6 Å². The maximum Gasteiger partial charge on any atom is 0.348 e. The van der Waals surface area contributed by atoms with E-state index >= 15 is 0 Å². The lowest BCUT2D eigenvalue weighted by molar-refractivity contribution is -0.119. The minimum atomic E-state index is -0.694. The zero-order valence-electron chi connectivity index (χ0n) is 16.3. The number of thiophene rings is 1. The van der Waals surface area contributed by atoms with Crippen LogP contribution in [0.15, 0.2) is 18.2 Å². The molecule has 0 aliphatic carbocycles. The number of methoxy groups -OCH3 is 2. The monoisotopic (exact) mass is 434 g/mol. The van der Waals surface area contributed by atoms with Crippen LogP contribution in [0.3, 0.4) is 0 Å². The van der Waals surface area contributed by atoms with Crippen LogP contribution in [0.25, 0.3) is 0 Å². The van der Waals surface area contributed by atoms with E-state index in [1.807, 2.05) is 0 Å². The van der Waals surface area contributed by atoms with Gasteiger partial charge in [0.25, 0.3) is 11.8 Å². The molecule has 1 aliphatic heterocycles. The lowest BCUT2D eigenvalue weighted by atomic mass is 10.1. The molecule has 0 bridgehead atoms. The van der Waals surface area contributed by atoms with Crippen molar-refractivity contribution in [3.63, 3.8) is 0 Å². The summed E-state index contributed by atoms with van der Waals surface area (Å²) >= 11 is 0.904. The summed E-state index contributed by atoms with van der Waals surface area (Å²) in [6.45, 7) is 1.12. The van der Waals surface area contributed by atoms with Crippen LogP contribution in [0.2, 0.25) is 0 Å². The number of nitrogens with one attached hydrogen (secondary N) is 2. The van der Waals surface area contributed by atoms with Crippen LogP contribution in [-0.4, -0.2) is 51.2 Å². The van der Waals surface area contributed by atoms with Gasteiger partial charge in [-0.25, -0.2) is 9.59 Å². The van der Waals surface area contributed by atoms with Gasteiger partial charge in [0, 0.05) is 6.07 Å². The fourth-order valence-electron chi connectivity index (χ4n) is 2.70. The molecule has 2 aromatic rings. The van der Waals surface area contributed by atoms with Crippen molar-refractivity contribution < 1.29 is 38.1 Å². The number of anilines is 2. The molecule has 0 saturated carbocycles. The standard InChI is InChI=1S/C19H18N2O8S/c1-9-15(18(24)26-2)17(30-16(9)19(25)27-3)21-14(23)7-28-10-4-5-12-11(6-10)20-13(22)8-29-12/h4-6H,7-8H2,1-3H3,(H,20,22)(H,21,23). The Labute approximate surface area is 175 Å². The average Bonchev–Trinajstić information content (AvgIpc) is 3.06. The molecule has 1 aromatic carbocycles. The van der Waals surface area contributed by atoms with E-state index in [0.29, 0.717) is 22.7 Å². The number of hydrogen-bond donors (Lipinski definition) is 2. The Morgan fingerprint density at radius 2 is 1.93 bits per heavy atom. The molecule has 30 heavy (non-hydrogen) atoms. The highest BCUT2D eigenvalue weighted by Crippen LogP contribution is 2.34. The van der Waals surface area contributed by atoms with E-state index < -0.39 is 17.8 Å². The summed E-state index contributed by atoms with van der Waals surface area (Å²) in [7, 11) is 2.42. The van der Waals surface area contributed by atoms with Crippen molar-refractivity contribution in [1.82, 2.24) is 0 Å². The fourth-order valence-corrected chi connectivity index (χ4v) is 3.83. The largest absolute Gasteiger partial charge is 0.484 e. The Morgan fingerprint density at radius 1 is 1.20 bits per heavy atom. The van der Waals surface area contributed by atoms with Crippen LogP contribution in [-0.2, 0) is 19.1 Å². The Morgan fingerprint density at radius 3 is 2.63 bits per heavy atom. The molecule has 2 amide bonds. The number of amides is 2. The summed E-state index contributed by atoms with van der Waals surface area (Å²) < 4.78 is 20.2. The molecule has 0 fully saturated rings. The SMILES string of the molecule is COC(=O)c1sc(NC(=O)COc2ccc3c(c2)NC(=O)CO3)c(C(=O)OC)c1C. The van der Waals surface area contributed by atoms with Crippen molar-refractivity contribution >= 4 is 45.8 Å². The van der Waals surface area contributed by atoms with Gasteiger partial charge in [0.2, 0.25) is 0 Å². The Hall–Kier alpha value is -3.60. The quantitative estimate of drug-likeness (QED) is 0.661. The predicted molar refractivity (Wildman–Crippen MR) is 106 cm³/mol. The third-order valence-electron chi connectivity index (χ3n) is 4.11. The minimum Gasteiger partial charge on any atom is -0.484 e. The van der Waals surface area contributed by atoms with Gasteiger partial charge in [0.05, 0.1) is 25.5 Å². The summed E-state index contributed by atoms with van der Waals surface area (Å²) in [5.74, 6) is -1.34. The smallest absolute Gasteiger partial charge is 0.348 e. The number of esters is 2. The summed E-state index contributed by atoms with van der Waals surface area (Å²) in [5, 5.41) is 5.35. The van der Waals surface area contributed by atoms with E-state index in [4.69, 9.17) is 18.9 Å². The van der Waals surface area contributed by atoms with Gasteiger partial charge in [-0.3, -0.25) is 9.59 Å². The van der Waals surface area contributed by atoms with Gasteiger partial charge in [0.15, 0.2) is 13.2 Å². The third kappa shape index (κ3) is 4.35. The molecule has 2 N–H and O–H groups in total. The van der Waals surface area contributed by atoms with Gasteiger partial charge in [-0.15, -0.1) is 11.3 Å². The first-order valence-electron chi connectivity index (χ1n) is 8.63. The van der Waals surface area contributed by atoms with Crippen molar-refractivity contribution in [3.8, 4) is 11.5 Å². The van der Waals surface area contributed by atoms with E-state index in [2.05, 4.69) is 10.6 Å². The lowest BCUT2D eigenvalue weighted by Crippen LogP contribution is -2.25. The zero-order valence-corrected chi connectivity index (χ0v) is 17.1. The van der Waals surface area contributed by atoms with Crippen LogP contribution >= 0.6 is 11.3 Å². The molecular formula is C19H18N2O8S. The maximum atomic E-state index is 12.4. The number of carbonyl (C=O) groups is 4. The van der Waals surface area contributed by atoms with Crippen molar-refractivity contribution in [2.24, 2.45) is 0 Å². The second-order valence-electron chi connectivity index (χ2n) is 6.08. The van der Waals surface area contributed by atoms with Crippen molar-refractivity contribution in [2.75, 3.05) is 38.1 Å². The van der Waals surface area contributed by atoms with E-state index in [1.54, 1.807) is 19.1 Å². The summed E-state index contributed by atoms with van der Waals surface area (Å²) in [6.07, 6.45) is 0. The number of benzene rings is 1. The topological polar surface area (TPSA) is 129 Å². The molecule has 10 nitrogen and oxygen atoms in total. The van der Waals surface area contributed by atoms with Gasteiger partial charge in [0.1, 0.15) is 21.4 Å². The normalized spacial score (nSPS) is 12.2. The molecule has 1 aromatic heterocycles. The average molecular weight is 434 g/mol. The zero-order chi connectivity index (χ0) is 21.8. The number of carbonyl (C=O) groups excluding carboxylic acids is 4. The van der Waals surface area contributed by atoms with Crippen molar-refractivity contribution in [3.05, 3.63) is 34.2 Å². The van der Waals surface area contributed by atoms with Gasteiger partial charge in [-0.05, 0) is 24.6 Å². The van der Waals surface area contributed by atoms with Crippen molar-refractivity contribution in [1.29, 1.82) is 0 Å². The van der Waals surface area contributed by atoms with E-state index in [1.165, 1.54) is 20.3 Å². The number of ether oxygens (including phenoxy) is 4. The first-order valence-corrected chi connectivity index (χ1v) is 9.45. The third-order valence-corrected chi connectivity index (χ3v) is 5.30. The Balaban J connectivity index is 1.72. The van der Waals surface area contributed by atoms with Gasteiger partial charge >= 0.3 is 11.9 Å². The molecule has 11 heteroatoms. The number of rotatable bonds is 6. The second-order valence-corrected chi connectivity index (χ2v) is 7.10. The molecule has 0 spiro atoms. The molecule has 0 radical (unpaired) electrons. The molecule has 2 heterocycles. The summed E-state index contributed by atoms with van der Waals surface area (Å²) in [5.41, 5.74) is 0.860.